The van der Waals surface area contributed by atoms with Crippen LogP contribution in [0.15, 0.2) is 18.2 Å². The molecule has 1 rings (SSSR count). The van der Waals surface area contributed by atoms with Crippen LogP contribution in [0, 0.1) is 13.8 Å². The van der Waals surface area contributed by atoms with Crippen molar-refractivity contribution in [3.8, 4) is 0 Å². The van der Waals surface area contributed by atoms with E-state index in [1.54, 1.807) is 0 Å². The molecule has 0 bridgehead atoms. The largest absolute Gasteiger partial charge is 0.368 e. The minimum absolute atomic E-state index is 0.411. The molecule has 2 nitrogen and oxygen atoms in total. The zero-order chi connectivity index (χ0) is 10.0. The van der Waals surface area contributed by atoms with Crippen molar-refractivity contribution in [2.24, 2.45) is 5.73 Å². The van der Waals surface area contributed by atoms with Gasteiger partial charge in [-0.2, -0.15) is 12.6 Å². The van der Waals surface area contributed by atoms with Gasteiger partial charge in [0, 0.05) is 0 Å². The molecule has 0 aliphatic carbocycles. The zero-order valence-corrected chi connectivity index (χ0v) is 8.64. The Morgan fingerprint density at radius 1 is 1.38 bits per heavy atom. The maximum Gasteiger partial charge on any atom is 0.234 e. The summed E-state index contributed by atoms with van der Waals surface area (Å²) in [4.78, 5) is 10.8. The molecular weight excluding hydrogens is 182 g/mol. The van der Waals surface area contributed by atoms with Crippen LogP contribution in [0.3, 0.4) is 0 Å². The molecule has 0 fully saturated rings. The molecule has 0 radical (unpaired) electrons. The Morgan fingerprint density at radius 3 is 2.46 bits per heavy atom. The van der Waals surface area contributed by atoms with Crippen LogP contribution in [-0.2, 0) is 4.79 Å². The second-order valence-electron chi connectivity index (χ2n) is 3.15. The zero-order valence-electron chi connectivity index (χ0n) is 7.74. The topological polar surface area (TPSA) is 43.1 Å². The van der Waals surface area contributed by atoms with Gasteiger partial charge in [0.25, 0.3) is 0 Å². The molecule has 0 aliphatic heterocycles. The van der Waals surface area contributed by atoms with Crippen LogP contribution in [-0.4, -0.2) is 5.91 Å². The van der Waals surface area contributed by atoms with Crippen LogP contribution < -0.4 is 5.73 Å². The van der Waals surface area contributed by atoms with Crippen LogP contribution in [0.1, 0.15) is 21.9 Å². The molecule has 1 aromatic carbocycles. The van der Waals surface area contributed by atoms with Crippen molar-refractivity contribution in [3.63, 3.8) is 0 Å². The molecule has 1 unspecified atom stereocenters. The van der Waals surface area contributed by atoms with E-state index in [-0.39, 0.29) is 0 Å². The first-order valence-electron chi connectivity index (χ1n) is 4.07. The summed E-state index contributed by atoms with van der Waals surface area (Å²) in [6.45, 7) is 4.03. The predicted molar refractivity (Wildman–Crippen MR) is 56.8 cm³/mol. The SMILES string of the molecule is Cc1ccc(C(S)C(N)=O)cc1C. The lowest BCUT2D eigenvalue weighted by Crippen LogP contribution is -2.17. The highest BCUT2D eigenvalue weighted by Gasteiger charge is 2.12. The van der Waals surface area contributed by atoms with Crippen molar-refractivity contribution in [2.75, 3.05) is 0 Å². The summed E-state index contributed by atoms with van der Waals surface area (Å²) in [5.74, 6) is -0.411. The van der Waals surface area contributed by atoms with Crippen LogP contribution in [0.25, 0.3) is 0 Å². The van der Waals surface area contributed by atoms with Gasteiger partial charge < -0.3 is 5.73 Å². The number of hydrogen-bond acceptors (Lipinski definition) is 2. The second-order valence-corrected chi connectivity index (χ2v) is 3.66. The van der Waals surface area contributed by atoms with Gasteiger partial charge in [-0.3, -0.25) is 4.79 Å². The highest BCUT2D eigenvalue weighted by atomic mass is 32.1. The lowest BCUT2D eigenvalue weighted by atomic mass is 10.0. The summed E-state index contributed by atoms with van der Waals surface area (Å²) >= 11 is 4.12. The smallest absolute Gasteiger partial charge is 0.234 e. The molecule has 0 aliphatic rings. The summed E-state index contributed by atoms with van der Waals surface area (Å²) < 4.78 is 0. The van der Waals surface area contributed by atoms with E-state index in [2.05, 4.69) is 12.6 Å². The lowest BCUT2D eigenvalue weighted by molar-refractivity contribution is -0.117. The van der Waals surface area contributed by atoms with Crippen molar-refractivity contribution < 1.29 is 4.79 Å². The van der Waals surface area contributed by atoms with Crippen LogP contribution in [0.4, 0.5) is 0 Å². The molecule has 0 saturated carbocycles. The second kappa shape index (κ2) is 3.83. The fourth-order valence-corrected chi connectivity index (χ4v) is 1.26. The quantitative estimate of drug-likeness (QED) is 0.694. The predicted octanol–water partition coefficient (Wildman–Crippen LogP) is 1.76. The maximum atomic E-state index is 10.8. The van der Waals surface area contributed by atoms with Crippen molar-refractivity contribution >= 4 is 18.5 Å². The number of primary amides is 1. The summed E-state index contributed by atoms with van der Waals surface area (Å²) in [6, 6.07) is 5.79. The molecule has 1 atom stereocenters. The Bertz CT molecular complexity index is 336. The fraction of sp³-hybridized carbons (Fsp3) is 0.300. The first-order valence-corrected chi connectivity index (χ1v) is 4.58. The molecule has 13 heavy (non-hydrogen) atoms. The normalized spacial score (nSPS) is 12.5. The van der Waals surface area contributed by atoms with Crippen LogP contribution >= 0.6 is 12.6 Å². The summed E-state index contributed by atoms with van der Waals surface area (Å²) in [6.07, 6.45) is 0. The van der Waals surface area contributed by atoms with Gasteiger partial charge in [0.05, 0.1) is 0 Å². The molecule has 0 heterocycles. The fourth-order valence-electron chi connectivity index (χ4n) is 1.10. The summed E-state index contributed by atoms with van der Waals surface area (Å²) in [5.41, 5.74) is 8.35. The van der Waals surface area contributed by atoms with Crippen molar-refractivity contribution in [1.29, 1.82) is 0 Å². The van der Waals surface area contributed by atoms with E-state index in [0.717, 1.165) is 11.1 Å². The number of nitrogens with two attached hydrogens (primary N) is 1. The Kier molecular flexibility index (Phi) is 2.98. The van der Waals surface area contributed by atoms with E-state index >= 15 is 0 Å². The minimum Gasteiger partial charge on any atom is -0.368 e. The van der Waals surface area contributed by atoms with E-state index in [4.69, 9.17) is 5.73 Å². The molecule has 1 aromatic rings. The maximum absolute atomic E-state index is 10.8. The van der Waals surface area contributed by atoms with Gasteiger partial charge in [-0.1, -0.05) is 18.2 Å². The van der Waals surface area contributed by atoms with Crippen molar-refractivity contribution in [2.45, 2.75) is 19.1 Å². The van der Waals surface area contributed by atoms with Gasteiger partial charge in [0.1, 0.15) is 5.25 Å². The number of carbonyl (C=O) groups is 1. The number of benzene rings is 1. The number of aryl methyl sites for hydroxylation is 2. The van der Waals surface area contributed by atoms with Crippen molar-refractivity contribution in [1.82, 2.24) is 0 Å². The molecule has 0 aromatic heterocycles. The van der Waals surface area contributed by atoms with Gasteiger partial charge in [-0.05, 0) is 30.5 Å². The van der Waals surface area contributed by atoms with Crippen LogP contribution in [0.5, 0.6) is 0 Å². The highest BCUT2D eigenvalue weighted by Crippen LogP contribution is 2.21. The number of amides is 1. The van der Waals surface area contributed by atoms with Gasteiger partial charge in [-0.25, -0.2) is 0 Å². The molecule has 0 spiro atoms. The van der Waals surface area contributed by atoms with E-state index < -0.39 is 11.2 Å². The molecule has 0 saturated heterocycles. The monoisotopic (exact) mass is 195 g/mol. The third kappa shape index (κ3) is 2.25. The van der Waals surface area contributed by atoms with E-state index in [1.807, 2.05) is 32.0 Å². The van der Waals surface area contributed by atoms with E-state index in [0.29, 0.717) is 0 Å². The van der Waals surface area contributed by atoms with Gasteiger partial charge in [-0.15, -0.1) is 0 Å². The van der Waals surface area contributed by atoms with E-state index in [1.165, 1.54) is 5.56 Å². The Balaban J connectivity index is 3.03. The van der Waals surface area contributed by atoms with Gasteiger partial charge in [0.15, 0.2) is 0 Å². The number of rotatable bonds is 2. The third-order valence-corrected chi connectivity index (χ3v) is 2.67. The Morgan fingerprint density at radius 2 is 2.00 bits per heavy atom. The van der Waals surface area contributed by atoms with Gasteiger partial charge >= 0.3 is 0 Å². The number of carbonyl (C=O) groups excluding carboxylic acids is 1. The highest BCUT2D eigenvalue weighted by molar-refractivity contribution is 7.81. The standard InChI is InChI=1S/C10H13NOS/c1-6-3-4-8(5-7(6)2)9(13)10(11)12/h3-5,9,13H,1-2H3,(H2,11,12). The lowest BCUT2D eigenvalue weighted by Gasteiger charge is -2.08. The molecule has 70 valence electrons. The number of hydrogen-bond donors (Lipinski definition) is 2. The third-order valence-electron chi connectivity index (χ3n) is 2.12. The van der Waals surface area contributed by atoms with Crippen molar-refractivity contribution in [3.05, 3.63) is 34.9 Å². The van der Waals surface area contributed by atoms with E-state index in [9.17, 15) is 4.79 Å². The Hall–Kier alpha value is -0.960. The minimum atomic E-state index is -0.501. The van der Waals surface area contributed by atoms with Crippen LogP contribution in [0.2, 0.25) is 0 Å². The first kappa shape index (κ1) is 10.1. The molecule has 1 amide bonds. The number of thiol groups is 1. The average Bonchev–Trinajstić information content (AvgIpc) is 2.08. The summed E-state index contributed by atoms with van der Waals surface area (Å²) in [7, 11) is 0. The average molecular weight is 195 g/mol. The molecule has 3 heteroatoms. The van der Waals surface area contributed by atoms with Gasteiger partial charge in [0.2, 0.25) is 5.91 Å². The Labute approximate surface area is 83.5 Å². The molecular formula is C10H13NOS. The first-order chi connectivity index (χ1) is 6.02. The molecule has 2 N–H and O–H groups in total. The summed E-state index contributed by atoms with van der Waals surface area (Å²) in [5, 5.41) is -0.501.